The molecular formula is C16H22FN3OS. The summed E-state index contributed by atoms with van der Waals surface area (Å²) in [6, 6.07) is 6.49. The van der Waals surface area contributed by atoms with E-state index in [1.807, 2.05) is 0 Å². The first-order valence-electron chi connectivity index (χ1n) is 7.60. The molecule has 2 aliphatic rings. The van der Waals surface area contributed by atoms with Crippen molar-refractivity contribution in [2.24, 2.45) is 15.1 Å². The van der Waals surface area contributed by atoms with Gasteiger partial charge >= 0.3 is 0 Å². The second-order valence-corrected chi connectivity index (χ2v) is 9.14. The zero-order valence-corrected chi connectivity index (χ0v) is 13.8. The van der Waals surface area contributed by atoms with Gasteiger partial charge in [0.1, 0.15) is 21.9 Å². The molecule has 0 aromatic heterocycles. The van der Waals surface area contributed by atoms with Crippen molar-refractivity contribution < 1.29 is 8.60 Å². The van der Waals surface area contributed by atoms with Crippen LogP contribution in [-0.2, 0) is 15.3 Å². The number of aliphatic imine (C=N–C) groups is 1. The van der Waals surface area contributed by atoms with Gasteiger partial charge in [0.2, 0.25) is 0 Å². The minimum atomic E-state index is -2.59. The summed E-state index contributed by atoms with van der Waals surface area (Å²) in [5.41, 5.74) is 5.78. The molecule has 22 heavy (non-hydrogen) atoms. The molecule has 6 heteroatoms. The number of halogens is 1. The molecule has 3 rings (SSSR count). The lowest BCUT2D eigenvalue weighted by Gasteiger charge is -2.42. The van der Waals surface area contributed by atoms with Crippen molar-refractivity contribution in [3.8, 4) is 0 Å². The van der Waals surface area contributed by atoms with Crippen molar-refractivity contribution in [3.63, 3.8) is 0 Å². The minimum Gasteiger partial charge on any atom is -0.386 e. The topological polar surface area (TPSA) is 67.8 Å². The van der Waals surface area contributed by atoms with E-state index in [2.05, 4.69) is 9.36 Å². The fourth-order valence-corrected chi connectivity index (χ4v) is 6.91. The van der Waals surface area contributed by atoms with Crippen LogP contribution >= 0.6 is 0 Å². The summed E-state index contributed by atoms with van der Waals surface area (Å²) in [5, 5.41) is 0. The lowest BCUT2D eigenvalue weighted by Crippen LogP contribution is -2.56. The van der Waals surface area contributed by atoms with Crippen LogP contribution in [0.15, 0.2) is 33.6 Å². The zero-order valence-electron chi connectivity index (χ0n) is 13.0. The number of hydrogen-bond donors (Lipinski definition) is 1. The second kappa shape index (κ2) is 5.05. The molecule has 4 nitrogen and oxygen atoms in total. The third-order valence-electron chi connectivity index (χ3n) is 5.08. The summed E-state index contributed by atoms with van der Waals surface area (Å²) in [6.07, 6.45) is 3.48. The molecule has 0 radical (unpaired) electrons. The zero-order chi connectivity index (χ0) is 16.0. The molecule has 1 aliphatic carbocycles. The number of nitrogens with zero attached hydrogens (tertiary/aromatic N) is 2. The predicted octanol–water partition coefficient (Wildman–Crippen LogP) is 2.82. The Morgan fingerprint density at radius 2 is 1.95 bits per heavy atom. The minimum absolute atomic E-state index is 0.220. The van der Waals surface area contributed by atoms with Crippen molar-refractivity contribution >= 4 is 15.6 Å². The number of rotatable bonds is 1. The molecule has 1 aromatic rings. The van der Waals surface area contributed by atoms with Crippen molar-refractivity contribution in [1.82, 2.24) is 0 Å². The van der Waals surface area contributed by atoms with E-state index in [9.17, 15) is 8.60 Å². The van der Waals surface area contributed by atoms with Crippen LogP contribution in [0.3, 0.4) is 0 Å². The molecule has 1 aromatic carbocycles. The largest absolute Gasteiger partial charge is 0.386 e. The average molecular weight is 323 g/mol. The Morgan fingerprint density at radius 3 is 2.55 bits per heavy atom. The first-order chi connectivity index (χ1) is 10.4. The maximum Gasteiger partial charge on any atom is 0.128 e. The van der Waals surface area contributed by atoms with E-state index >= 15 is 0 Å². The summed E-state index contributed by atoms with van der Waals surface area (Å²) in [6.45, 7) is 1.80. The van der Waals surface area contributed by atoms with E-state index in [-0.39, 0.29) is 11.6 Å². The molecule has 120 valence electrons. The van der Waals surface area contributed by atoms with Crippen LogP contribution in [0.2, 0.25) is 0 Å². The van der Waals surface area contributed by atoms with E-state index in [1.54, 1.807) is 32.2 Å². The first-order valence-corrected chi connectivity index (χ1v) is 9.29. The molecule has 2 N–H and O–H groups in total. The second-order valence-electron chi connectivity index (χ2n) is 6.42. The smallest absolute Gasteiger partial charge is 0.128 e. The molecule has 1 saturated carbocycles. The summed E-state index contributed by atoms with van der Waals surface area (Å²) < 4.78 is 31.5. The highest BCUT2D eigenvalue weighted by atomic mass is 32.2. The van der Waals surface area contributed by atoms with E-state index in [0.717, 1.165) is 25.7 Å². The van der Waals surface area contributed by atoms with E-state index < -0.39 is 20.0 Å². The molecule has 0 bridgehead atoms. The van der Waals surface area contributed by atoms with E-state index in [4.69, 9.17) is 5.73 Å². The predicted molar refractivity (Wildman–Crippen MR) is 87.9 cm³/mol. The van der Waals surface area contributed by atoms with Crippen LogP contribution in [0.25, 0.3) is 0 Å². The standard InChI is InChI=1S/C16H22FN3OS/c1-15(12-7-3-4-8-13(12)17)11-22(21,19-2)16(14(18)20-15)9-5-6-10-16/h3-4,7-8H,5-6,9-11H2,1-2H3,(H2,18,20)/t15-,22+/m0/s1. The Labute approximate surface area is 131 Å². The van der Waals surface area contributed by atoms with Crippen LogP contribution in [0.1, 0.15) is 38.2 Å². The van der Waals surface area contributed by atoms with Crippen LogP contribution in [0, 0.1) is 5.82 Å². The molecule has 0 unspecified atom stereocenters. The molecule has 0 amide bonds. The number of amidine groups is 1. The fourth-order valence-electron chi connectivity index (χ4n) is 3.88. The van der Waals surface area contributed by atoms with Crippen LogP contribution in [-0.4, -0.2) is 27.6 Å². The van der Waals surface area contributed by atoms with Gasteiger partial charge in [0.25, 0.3) is 0 Å². The number of hydrogen-bond acceptors (Lipinski definition) is 4. The Morgan fingerprint density at radius 1 is 1.32 bits per heavy atom. The highest BCUT2D eigenvalue weighted by molar-refractivity contribution is 7.95. The molecule has 2 atom stereocenters. The van der Waals surface area contributed by atoms with Gasteiger partial charge in [0.05, 0.1) is 15.5 Å². The number of benzene rings is 1. The monoisotopic (exact) mass is 323 g/mol. The van der Waals surface area contributed by atoms with Crippen molar-refractivity contribution in [2.75, 3.05) is 12.8 Å². The van der Waals surface area contributed by atoms with Crippen LogP contribution < -0.4 is 5.73 Å². The van der Waals surface area contributed by atoms with Gasteiger partial charge in [-0.15, -0.1) is 0 Å². The SMILES string of the molecule is CN=[S@@]1(=O)C[C@@](C)(c2ccccc2F)N=C(N)C12CCCC2. The summed E-state index contributed by atoms with van der Waals surface area (Å²) in [7, 11) is -1.00. The van der Waals surface area contributed by atoms with Gasteiger partial charge in [-0.05, 0) is 25.8 Å². The average Bonchev–Trinajstić information content (AvgIpc) is 2.97. The van der Waals surface area contributed by atoms with Gasteiger partial charge in [0, 0.05) is 12.6 Å². The molecular weight excluding hydrogens is 301 g/mol. The third-order valence-corrected chi connectivity index (χ3v) is 8.46. The van der Waals surface area contributed by atoms with E-state index in [1.165, 1.54) is 6.07 Å². The Hall–Kier alpha value is -1.43. The molecule has 1 heterocycles. The van der Waals surface area contributed by atoms with Gasteiger partial charge in [-0.25, -0.2) is 13.0 Å². The van der Waals surface area contributed by atoms with E-state index in [0.29, 0.717) is 11.4 Å². The summed E-state index contributed by atoms with van der Waals surface area (Å²) in [4.78, 5) is 4.64. The maximum absolute atomic E-state index is 14.2. The lowest BCUT2D eigenvalue weighted by molar-refractivity contribution is 0.486. The molecule has 0 saturated heterocycles. The molecule has 1 aliphatic heterocycles. The highest BCUT2D eigenvalue weighted by Crippen LogP contribution is 2.46. The summed E-state index contributed by atoms with van der Waals surface area (Å²) in [5.74, 6) is 0.261. The summed E-state index contributed by atoms with van der Waals surface area (Å²) >= 11 is 0. The van der Waals surface area contributed by atoms with Gasteiger partial charge in [-0.3, -0.25) is 4.99 Å². The third kappa shape index (κ3) is 2.00. The van der Waals surface area contributed by atoms with Gasteiger partial charge < -0.3 is 5.73 Å². The van der Waals surface area contributed by atoms with Gasteiger partial charge in [0.15, 0.2) is 0 Å². The van der Waals surface area contributed by atoms with Crippen molar-refractivity contribution in [1.29, 1.82) is 0 Å². The lowest BCUT2D eigenvalue weighted by atomic mass is 9.93. The molecule has 1 spiro atoms. The van der Waals surface area contributed by atoms with Gasteiger partial charge in [-0.1, -0.05) is 31.0 Å². The fraction of sp³-hybridized carbons (Fsp3) is 0.562. The van der Waals surface area contributed by atoms with Crippen LogP contribution in [0.5, 0.6) is 0 Å². The Balaban J connectivity index is 2.21. The van der Waals surface area contributed by atoms with Crippen molar-refractivity contribution in [2.45, 2.75) is 42.9 Å². The number of nitrogens with two attached hydrogens (primary N) is 1. The normalized spacial score (nSPS) is 33.7. The first kappa shape index (κ1) is 15.5. The highest BCUT2D eigenvalue weighted by Gasteiger charge is 2.54. The maximum atomic E-state index is 14.2. The quantitative estimate of drug-likeness (QED) is 0.863. The Kier molecular flexibility index (Phi) is 3.55. The van der Waals surface area contributed by atoms with Crippen LogP contribution in [0.4, 0.5) is 4.39 Å². The Bertz CT molecular complexity index is 746. The molecule has 1 fully saturated rings. The van der Waals surface area contributed by atoms with Gasteiger partial charge in [-0.2, -0.15) is 0 Å². The van der Waals surface area contributed by atoms with Crippen molar-refractivity contribution in [3.05, 3.63) is 35.6 Å².